The molecule has 1 heterocycles. The Kier molecular flexibility index (Phi) is 6.48. The Morgan fingerprint density at radius 2 is 1.70 bits per heavy atom. The molecule has 2 atom stereocenters. The standard InChI is InChI=1S/C28H29N3O2/c1-28(2,3)31-18-25(21-8-5-4-6-9-21)26(19-31)27(32)30-22-10-7-11-24(16-22)33-23-14-12-20(17-29)13-15-23/h4-16,25-26H,18-19H2,1-3H3,(H,30,32)/t25-,26+/m0/s1. The highest BCUT2D eigenvalue weighted by molar-refractivity contribution is 5.93. The second-order valence-electron chi connectivity index (χ2n) is 9.45. The minimum atomic E-state index is -0.144. The van der Waals surface area contributed by atoms with Gasteiger partial charge >= 0.3 is 0 Å². The van der Waals surface area contributed by atoms with Crippen LogP contribution in [0.15, 0.2) is 78.9 Å². The third kappa shape index (κ3) is 5.42. The number of amides is 1. The first kappa shape index (κ1) is 22.6. The molecule has 0 unspecified atom stereocenters. The fourth-order valence-corrected chi connectivity index (χ4v) is 4.26. The van der Waals surface area contributed by atoms with Crippen LogP contribution in [0.1, 0.15) is 37.8 Å². The van der Waals surface area contributed by atoms with Gasteiger partial charge in [-0.2, -0.15) is 5.26 Å². The van der Waals surface area contributed by atoms with Crippen LogP contribution in [0.2, 0.25) is 0 Å². The Bertz CT molecular complexity index is 1140. The van der Waals surface area contributed by atoms with E-state index in [4.69, 9.17) is 10.00 Å². The molecule has 0 radical (unpaired) electrons. The van der Waals surface area contributed by atoms with Crippen LogP contribution in [0.4, 0.5) is 5.69 Å². The van der Waals surface area contributed by atoms with E-state index in [-0.39, 0.29) is 23.3 Å². The van der Waals surface area contributed by atoms with E-state index in [1.807, 2.05) is 42.5 Å². The number of likely N-dealkylation sites (tertiary alicyclic amines) is 1. The topological polar surface area (TPSA) is 65.4 Å². The predicted octanol–water partition coefficient (Wildman–Crippen LogP) is 5.80. The van der Waals surface area contributed by atoms with E-state index in [1.54, 1.807) is 24.3 Å². The SMILES string of the molecule is CC(C)(C)N1C[C@@H](C(=O)Nc2cccc(Oc3ccc(C#N)cc3)c2)[C@H](c2ccccc2)C1. The third-order valence-electron chi connectivity index (χ3n) is 6.15. The van der Waals surface area contributed by atoms with Gasteiger partial charge in [0.15, 0.2) is 0 Å². The summed E-state index contributed by atoms with van der Waals surface area (Å²) in [7, 11) is 0. The molecule has 0 bridgehead atoms. The highest BCUT2D eigenvalue weighted by Gasteiger charge is 2.41. The Balaban J connectivity index is 1.50. The summed E-state index contributed by atoms with van der Waals surface area (Å²) in [6, 6.07) is 26.7. The van der Waals surface area contributed by atoms with E-state index < -0.39 is 0 Å². The van der Waals surface area contributed by atoms with Crippen molar-refractivity contribution >= 4 is 11.6 Å². The fourth-order valence-electron chi connectivity index (χ4n) is 4.26. The van der Waals surface area contributed by atoms with Gasteiger partial charge in [0, 0.05) is 36.3 Å². The van der Waals surface area contributed by atoms with Gasteiger partial charge in [0.25, 0.3) is 0 Å². The van der Waals surface area contributed by atoms with Gasteiger partial charge in [-0.15, -0.1) is 0 Å². The summed E-state index contributed by atoms with van der Waals surface area (Å²) in [5, 5.41) is 12.1. The first-order chi connectivity index (χ1) is 15.8. The van der Waals surface area contributed by atoms with Gasteiger partial charge in [-0.1, -0.05) is 36.4 Å². The second kappa shape index (κ2) is 9.48. The van der Waals surface area contributed by atoms with Crippen LogP contribution in [0.3, 0.4) is 0 Å². The van der Waals surface area contributed by atoms with Gasteiger partial charge in [-0.3, -0.25) is 9.69 Å². The normalized spacial score (nSPS) is 18.5. The molecule has 1 saturated heterocycles. The van der Waals surface area contributed by atoms with Crippen LogP contribution in [-0.4, -0.2) is 29.4 Å². The number of anilines is 1. The Hall–Kier alpha value is -3.62. The van der Waals surface area contributed by atoms with Gasteiger partial charge in [0.2, 0.25) is 5.91 Å². The molecule has 3 aromatic rings. The average Bonchev–Trinajstić information content (AvgIpc) is 3.27. The van der Waals surface area contributed by atoms with E-state index in [1.165, 1.54) is 5.56 Å². The van der Waals surface area contributed by atoms with E-state index >= 15 is 0 Å². The fraction of sp³-hybridized carbons (Fsp3) is 0.286. The lowest BCUT2D eigenvalue weighted by Crippen LogP contribution is -2.40. The van der Waals surface area contributed by atoms with Gasteiger partial charge in [0.1, 0.15) is 11.5 Å². The summed E-state index contributed by atoms with van der Waals surface area (Å²) in [6.45, 7) is 8.15. The number of benzene rings is 3. The summed E-state index contributed by atoms with van der Waals surface area (Å²) >= 11 is 0. The Labute approximate surface area is 195 Å². The molecule has 1 fully saturated rings. The van der Waals surface area contributed by atoms with Crippen LogP contribution in [-0.2, 0) is 4.79 Å². The number of hydrogen-bond acceptors (Lipinski definition) is 4. The van der Waals surface area contributed by atoms with Gasteiger partial charge < -0.3 is 10.1 Å². The zero-order chi connectivity index (χ0) is 23.4. The summed E-state index contributed by atoms with van der Waals surface area (Å²) in [6.07, 6.45) is 0. The van der Waals surface area contributed by atoms with Gasteiger partial charge in [-0.25, -0.2) is 0 Å². The van der Waals surface area contributed by atoms with E-state index in [0.717, 1.165) is 13.1 Å². The highest BCUT2D eigenvalue weighted by Crippen LogP contribution is 2.37. The van der Waals surface area contributed by atoms with Gasteiger partial charge in [-0.05, 0) is 62.7 Å². The molecule has 0 aliphatic carbocycles. The lowest BCUT2D eigenvalue weighted by atomic mass is 9.88. The smallest absolute Gasteiger partial charge is 0.229 e. The number of nitrogens with zero attached hydrogens (tertiary/aromatic N) is 2. The second-order valence-corrected chi connectivity index (χ2v) is 9.45. The molecule has 0 aromatic heterocycles. The Morgan fingerprint density at radius 3 is 2.36 bits per heavy atom. The maximum absolute atomic E-state index is 13.4. The molecule has 5 heteroatoms. The van der Waals surface area contributed by atoms with Crippen LogP contribution in [0, 0.1) is 17.2 Å². The third-order valence-corrected chi connectivity index (χ3v) is 6.15. The molecule has 1 N–H and O–H groups in total. The first-order valence-electron chi connectivity index (χ1n) is 11.2. The maximum Gasteiger partial charge on any atom is 0.229 e. The van der Waals surface area contributed by atoms with Crippen molar-refractivity contribution in [1.29, 1.82) is 5.26 Å². The quantitative estimate of drug-likeness (QED) is 0.545. The first-order valence-corrected chi connectivity index (χ1v) is 11.2. The van der Waals surface area contributed by atoms with Gasteiger partial charge in [0.05, 0.1) is 17.6 Å². The van der Waals surface area contributed by atoms with Crippen molar-refractivity contribution in [3.8, 4) is 17.6 Å². The molecule has 0 saturated carbocycles. The van der Waals surface area contributed by atoms with E-state index in [9.17, 15) is 4.79 Å². The molecule has 4 rings (SSSR count). The number of carbonyl (C=O) groups is 1. The summed E-state index contributed by atoms with van der Waals surface area (Å²) in [4.78, 5) is 15.8. The maximum atomic E-state index is 13.4. The van der Waals surface area contributed by atoms with Crippen LogP contribution in [0.25, 0.3) is 0 Å². The zero-order valence-electron chi connectivity index (χ0n) is 19.3. The van der Waals surface area contributed by atoms with Crippen molar-refractivity contribution in [2.24, 2.45) is 5.92 Å². The minimum absolute atomic E-state index is 0.00306. The number of nitrogens with one attached hydrogen (secondary N) is 1. The summed E-state index contributed by atoms with van der Waals surface area (Å²) < 4.78 is 5.91. The molecule has 1 aliphatic heterocycles. The number of hydrogen-bond donors (Lipinski definition) is 1. The lowest BCUT2D eigenvalue weighted by Gasteiger charge is -2.31. The Morgan fingerprint density at radius 1 is 0.970 bits per heavy atom. The van der Waals surface area contributed by atoms with Crippen molar-refractivity contribution in [2.45, 2.75) is 32.2 Å². The molecule has 168 valence electrons. The van der Waals surface area contributed by atoms with Crippen LogP contribution >= 0.6 is 0 Å². The number of carbonyl (C=O) groups excluding carboxylic acids is 1. The molecule has 1 amide bonds. The summed E-state index contributed by atoms with van der Waals surface area (Å²) in [5.74, 6) is 1.28. The number of rotatable bonds is 5. The number of ether oxygens (including phenoxy) is 1. The molecule has 0 spiro atoms. The number of nitriles is 1. The van der Waals surface area contributed by atoms with Crippen LogP contribution in [0.5, 0.6) is 11.5 Å². The predicted molar refractivity (Wildman–Crippen MR) is 130 cm³/mol. The minimum Gasteiger partial charge on any atom is -0.457 e. The zero-order valence-corrected chi connectivity index (χ0v) is 19.3. The molecule has 5 nitrogen and oxygen atoms in total. The molecule has 1 aliphatic rings. The lowest BCUT2D eigenvalue weighted by molar-refractivity contribution is -0.120. The summed E-state index contributed by atoms with van der Waals surface area (Å²) in [5.41, 5.74) is 2.48. The van der Waals surface area contributed by atoms with Crippen molar-refractivity contribution in [1.82, 2.24) is 4.90 Å². The largest absolute Gasteiger partial charge is 0.457 e. The van der Waals surface area contributed by atoms with E-state index in [2.05, 4.69) is 49.2 Å². The average molecular weight is 440 g/mol. The van der Waals surface area contributed by atoms with Crippen molar-refractivity contribution in [2.75, 3.05) is 18.4 Å². The molecule has 3 aromatic carbocycles. The van der Waals surface area contributed by atoms with Crippen molar-refractivity contribution in [3.05, 3.63) is 90.0 Å². The monoisotopic (exact) mass is 439 g/mol. The highest BCUT2D eigenvalue weighted by atomic mass is 16.5. The molecule has 33 heavy (non-hydrogen) atoms. The molecular formula is C28H29N3O2. The van der Waals surface area contributed by atoms with Crippen molar-refractivity contribution in [3.63, 3.8) is 0 Å². The van der Waals surface area contributed by atoms with Crippen LogP contribution < -0.4 is 10.1 Å². The molecular weight excluding hydrogens is 410 g/mol. The van der Waals surface area contributed by atoms with E-state index in [0.29, 0.717) is 22.7 Å². The van der Waals surface area contributed by atoms with Crippen molar-refractivity contribution < 1.29 is 9.53 Å².